The summed E-state index contributed by atoms with van der Waals surface area (Å²) < 4.78 is 5.83. The van der Waals surface area contributed by atoms with Gasteiger partial charge in [0.1, 0.15) is 5.75 Å². The van der Waals surface area contributed by atoms with E-state index in [-0.39, 0.29) is 12.5 Å². The van der Waals surface area contributed by atoms with Crippen molar-refractivity contribution in [2.75, 3.05) is 26.2 Å². The number of amides is 1. The van der Waals surface area contributed by atoms with E-state index in [4.69, 9.17) is 10.5 Å². The highest BCUT2D eigenvalue weighted by atomic mass is 16.5. The first-order valence-electron chi connectivity index (χ1n) is 8.48. The third-order valence-corrected chi connectivity index (χ3v) is 4.53. The van der Waals surface area contributed by atoms with Crippen LogP contribution in [0.3, 0.4) is 0 Å². The van der Waals surface area contributed by atoms with Crippen LogP contribution in [0.4, 0.5) is 0 Å². The number of hydrogen-bond donors (Lipinski definition) is 1. The molecule has 1 fully saturated rings. The lowest BCUT2D eigenvalue weighted by Crippen LogP contribution is -2.33. The zero-order chi connectivity index (χ0) is 16.8. The molecule has 1 aliphatic heterocycles. The Hall–Kier alpha value is -2.33. The lowest BCUT2D eigenvalue weighted by Gasteiger charge is -2.17. The molecule has 1 aliphatic rings. The summed E-state index contributed by atoms with van der Waals surface area (Å²) in [6.45, 7) is 2.27. The molecule has 24 heavy (non-hydrogen) atoms. The predicted molar refractivity (Wildman–Crippen MR) is 94.9 cm³/mol. The Morgan fingerprint density at radius 1 is 1.12 bits per heavy atom. The van der Waals surface area contributed by atoms with Gasteiger partial charge >= 0.3 is 0 Å². The van der Waals surface area contributed by atoms with Crippen molar-refractivity contribution in [2.24, 2.45) is 11.7 Å². The molecule has 0 aromatic heterocycles. The van der Waals surface area contributed by atoms with E-state index < -0.39 is 0 Å². The minimum atomic E-state index is 0.0421. The summed E-state index contributed by atoms with van der Waals surface area (Å²) in [5, 5.41) is 0. The summed E-state index contributed by atoms with van der Waals surface area (Å²) in [5.74, 6) is 1.25. The van der Waals surface area contributed by atoms with Crippen molar-refractivity contribution < 1.29 is 9.53 Å². The highest BCUT2D eigenvalue weighted by Crippen LogP contribution is 2.22. The van der Waals surface area contributed by atoms with Crippen LogP contribution in [-0.2, 0) is 11.2 Å². The summed E-state index contributed by atoms with van der Waals surface area (Å²) in [7, 11) is 0. The second kappa shape index (κ2) is 7.97. The predicted octanol–water partition coefficient (Wildman–Crippen LogP) is 2.46. The number of ether oxygens (including phenoxy) is 1. The number of rotatable bonds is 6. The van der Waals surface area contributed by atoms with Gasteiger partial charge in [-0.15, -0.1) is 0 Å². The SMILES string of the molecule is NC[C@@H]1CCN(C(=O)COc2ccccc2Cc2ccccc2)C1. The van der Waals surface area contributed by atoms with Crippen LogP contribution in [0.25, 0.3) is 0 Å². The maximum absolute atomic E-state index is 12.3. The van der Waals surface area contributed by atoms with E-state index in [1.165, 1.54) is 5.56 Å². The fourth-order valence-electron chi connectivity index (χ4n) is 3.09. The van der Waals surface area contributed by atoms with E-state index in [2.05, 4.69) is 12.1 Å². The quantitative estimate of drug-likeness (QED) is 0.888. The van der Waals surface area contributed by atoms with E-state index >= 15 is 0 Å². The highest BCUT2D eigenvalue weighted by molar-refractivity contribution is 5.78. The fraction of sp³-hybridized carbons (Fsp3) is 0.350. The van der Waals surface area contributed by atoms with Crippen LogP contribution in [0.2, 0.25) is 0 Å². The molecule has 126 valence electrons. The Morgan fingerprint density at radius 2 is 1.88 bits per heavy atom. The molecule has 0 bridgehead atoms. The standard InChI is InChI=1S/C20H24N2O2/c21-13-17-10-11-22(14-17)20(23)15-24-19-9-5-4-8-18(19)12-16-6-2-1-3-7-16/h1-9,17H,10-15,21H2/t17-/m0/s1. The molecule has 1 heterocycles. The number of benzene rings is 2. The van der Waals surface area contributed by atoms with Gasteiger partial charge in [0.2, 0.25) is 0 Å². The molecule has 3 rings (SSSR count). The van der Waals surface area contributed by atoms with Gasteiger partial charge in [0.05, 0.1) is 0 Å². The Labute approximate surface area is 143 Å². The number of carbonyl (C=O) groups excluding carboxylic acids is 1. The van der Waals surface area contributed by atoms with Crippen LogP contribution in [0, 0.1) is 5.92 Å². The first kappa shape index (κ1) is 16.5. The number of nitrogens with two attached hydrogens (primary N) is 1. The summed E-state index contributed by atoms with van der Waals surface area (Å²) in [6, 6.07) is 18.2. The van der Waals surface area contributed by atoms with Gasteiger partial charge in [-0.3, -0.25) is 4.79 Å². The van der Waals surface area contributed by atoms with Crippen molar-refractivity contribution in [3.8, 4) is 5.75 Å². The Morgan fingerprint density at radius 3 is 2.62 bits per heavy atom. The van der Waals surface area contributed by atoms with Crippen LogP contribution >= 0.6 is 0 Å². The molecule has 4 nitrogen and oxygen atoms in total. The Bertz CT molecular complexity index is 672. The van der Waals surface area contributed by atoms with Gasteiger partial charge in [0.25, 0.3) is 5.91 Å². The lowest BCUT2D eigenvalue weighted by atomic mass is 10.0. The van der Waals surface area contributed by atoms with Crippen molar-refractivity contribution in [1.82, 2.24) is 4.90 Å². The van der Waals surface area contributed by atoms with E-state index in [9.17, 15) is 4.79 Å². The third kappa shape index (κ3) is 4.15. The zero-order valence-electron chi connectivity index (χ0n) is 13.9. The van der Waals surface area contributed by atoms with Crippen molar-refractivity contribution in [2.45, 2.75) is 12.8 Å². The monoisotopic (exact) mass is 324 g/mol. The van der Waals surface area contributed by atoms with Gasteiger partial charge < -0.3 is 15.4 Å². The normalized spacial score (nSPS) is 17.0. The molecule has 2 aromatic rings. The maximum Gasteiger partial charge on any atom is 0.260 e. The molecule has 2 aromatic carbocycles. The lowest BCUT2D eigenvalue weighted by molar-refractivity contribution is -0.132. The van der Waals surface area contributed by atoms with Crippen LogP contribution in [0.1, 0.15) is 17.5 Å². The number of likely N-dealkylation sites (tertiary alicyclic amines) is 1. The Kier molecular flexibility index (Phi) is 5.49. The summed E-state index contributed by atoms with van der Waals surface area (Å²) in [6.07, 6.45) is 1.79. The van der Waals surface area contributed by atoms with Crippen LogP contribution in [-0.4, -0.2) is 37.0 Å². The fourth-order valence-corrected chi connectivity index (χ4v) is 3.09. The molecule has 1 amide bonds. The molecule has 2 N–H and O–H groups in total. The van der Waals surface area contributed by atoms with Crippen LogP contribution in [0.15, 0.2) is 54.6 Å². The minimum Gasteiger partial charge on any atom is -0.483 e. The molecular weight excluding hydrogens is 300 g/mol. The molecule has 0 spiro atoms. The van der Waals surface area contributed by atoms with Gasteiger partial charge in [-0.2, -0.15) is 0 Å². The number of para-hydroxylation sites is 1. The largest absolute Gasteiger partial charge is 0.483 e. The summed E-state index contributed by atoms with van der Waals surface area (Å²) in [4.78, 5) is 14.2. The summed E-state index contributed by atoms with van der Waals surface area (Å²) >= 11 is 0. The Balaban J connectivity index is 1.60. The van der Waals surface area contributed by atoms with Crippen molar-refractivity contribution >= 4 is 5.91 Å². The van der Waals surface area contributed by atoms with Crippen molar-refractivity contribution in [3.63, 3.8) is 0 Å². The highest BCUT2D eigenvalue weighted by Gasteiger charge is 2.25. The molecule has 0 saturated carbocycles. The van der Waals surface area contributed by atoms with Gasteiger partial charge in [-0.05, 0) is 36.1 Å². The van der Waals surface area contributed by atoms with E-state index in [0.717, 1.165) is 37.2 Å². The van der Waals surface area contributed by atoms with E-state index in [1.54, 1.807) is 0 Å². The van der Waals surface area contributed by atoms with Crippen molar-refractivity contribution in [3.05, 3.63) is 65.7 Å². The third-order valence-electron chi connectivity index (χ3n) is 4.53. The average molecular weight is 324 g/mol. The van der Waals surface area contributed by atoms with Crippen LogP contribution in [0.5, 0.6) is 5.75 Å². The molecular formula is C20H24N2O2. The number of carbonyl (C=O) groups is 1. The smallest absolute Gasteiger partial charge is 0.260 e. The molecule has 0 radical (unpaired) electrons. The van der Waals surface area contributed by atoms with Gasteiger partial charge in [0, 0.05) is 19.5 Å². The van der Waals surface area contributed by atoms with Gasteiger partial charge in [0.15, 0.2) is 6.61 Å². The molecule has 0 unspecified atom stereocenters. The van der Waals surface area contributed by atoms with E-state index in [0.29, 0.717) is 12.5 Å². The summed E-state index contributed by atoms with van der Waals surface area (Å²) in [5.41, 5.74) is 8.01. The number of nitrogens with zero attached hydrogens (tertiary/aromatic N) is 1. The maximum atomic E-state index is 12.3. The van der Waals surface area contributed by atoms with Crippen molar-refractivity contribution in [1.29, 1.82) is 0 Å². The van der Waals surface area contributed by atoms with Crippen LogP contribution < -0.4 is 10.5 Å². The van der Waals surface area contributed by atoms with Gasteiger partial charge in [-0.25, -0.2) is 0 Å². The van der Waals surface area contributed by atoms with E-state index in [1.807, 2.05) is 47.4 Å². The molecule has 1 saturated heterocycles. The molecule has 1 atom stereocenters. The second-order valence-corrected chi connectivity index (χ2v) is 6.29. The zero-order valence-corrected chi connectivity index (χ0v) is 13.9. The molecule has 4 heteroatoms. The second-order valence-electron chi connectivity index (χ2n) is 6.29. The topological polar surface area (TPSA) is 55.6 Å². The molecule has 0 aliphatic carbocycles. The first-order chi connectivity index (χ1) is 11.8. The van der Waals surface area contributed by atoms with Gasteiger partial charge in [-0.1, -0.05) is 48.5 Å². The first-order valence-corrected chi connectivity index (χ1v) is 8.48. The minimum absolute atomic E-state index is 0.0421. The average Bonchev–Trinajstić information content (AvgIpc) is 3.11. The number of hydrogen-bond acceptors (Lipinski definition) is 3.